The molecule has 1 unspecified atom stereocenters. The van der Waals surface area contributed by atoms with E-state index in [1.165, 1.54) is 45.2 Å². The van der Waals surface area contributed by atoms with Gasteiger partial charge < -0.3 is 10.2 Å². The van der Waals surface area contributed by atoms with Gasteiger partial charge in [0.15, 0.2) is 0 Å². The largest absolute Gasteiger partial charge is 0.351 e. The van der Waals surface area contributed by atoms with Gasteiger partial charge in [-0.1, -0.05) is 12.5 Å². The first kappa shape index (κ1) is 16.4. The minimum absolute atomic E-state index is 0.124. The average molecular weight is 316 g/mol. The Bertz CT molecular complexity index is 487. The topological polar surface area (TPSA) is 48.5 Å². The van der Waals surface area contributed by atoms with E-state index in [2.05, 4.69) is 20.1 Å². The highest BCUT2D eigenvalue weighted by Crippen LogP contribution is 2.19. The molecule has 23 heavy (non-hydrogen) atoms. The number of piperidine rings is 1. The summed E-state index contributed by atoms with van der Waals surface area (Å²) >= 11 is 0. The lowest BCUT2D eigenvalue weighted by atomic mass is 10.1. The van der Waals surface area contributed by atoms with E-state index in [1.807, 2.05) is 12.1 Å². The van der Waals surface area contributed by atoms with Crippen molar-refractivity contribution in [3.05, 3.63) is 30.1 Å². The number of nitrogens with zero attached hydrogens (tertiary/aromatic N) is 3. The fourth-order valence-corrected chi connectivity index (χ4v) is 3.69. The second-order valence-electron chi connectivity index (χ2n) is 6.77. The zero-order chi connectivity index (χ0) is 15.9. The van der Waals surface area contributed by atoms with Gasteiger partial charge in [0, 0.05) is 31.5 Å². The average Bonchev–Trinajstić information content (AvgIpc) is 3.02. The molecule has 2 aliphatic rings. The molecule has 2 aliphatic heterocycles. The van der Waals surface area contributed by atoms with E-state index in [0.29, 0.717) is 19.1 Å². The van der Waals surface area contributed by atoms with Crippen LogP contribution in [0.2, 0.25) is 0 Å². The molecule has 2 fully saturated rings. The summed E-state index contributed by atoms with van der Waals surface area (Å²) < 4.78 is 0. The monoisotopic (exact) mass is 316 g/mol. The maximum absolute atomic E-state index is 12.2. The van der Waals surface area contributed by atoms with Crippen molar-refractivity contribution in [3.8, 4) is 0 Å². The third-order valence-corrected chi connectivity index (χ3v) is 4.98. The molecule has 1 aromatic rings. The normalized spacial score (nSPS) is 23.0. The lowest BCUT2D eigenvalue weighted by Crippen LogP contribution is -2.45. The van der Waals surface area contributed by atoms with Crippen LogP contribution < -0.4 is 5.32 Å². The van der Waals surface area contributed by atoms with Gasteiger partial charge in [-0.25, -0.2) is 0 Å². The summed E-state index contributed by atoms with van der Waals surface area (Å²) in [6.07, 6.45) is 10.0. The first-order valence-corrected chi connectivity index (χ1v) is 8.93. The van der Waals surface area contributed by atoms with Crippen LogP contribution in [0, 0.1) is 0 Å². The molecule has 0 saturated carbocycles. The van der Waals surface area contributed by atoms with E-state index >= 15 is 0 Å². The maximum Gasteiger partial charge on any atom is 0.234 e. The molecule has 0 radical (unpaired) electrons. The predicted molar refractivity (Wildman–Crippen MR) is 91.0 cm³/mol. The molecule has 1 amide bonds. The predicted octanol–water partition coefficient (Wildman–Crippen LogP) is 1.65. The summed E-state index contributed by atoms with van der Waals surface area (Å²) in [5, 5.41) is 3.02. The zero-order valence-corrected chi connectivity index (χ0v) is 13.9. The van der Waals surface area contributed by atoms with E-state index in [9.17, 15) is 4.79 Å². The van der Waals surface area contributed by atoms with Gasteiger partial charge in [-0.3, -0.25) is 14.7 Å². The number of likely N-dealkylation sites (tertiary alicyclic amines) is 2. The van der Waals surface area contributed by atoms with Gasteiger partial charge in [0.05, 0.1) is 6.54 Å². The van der Waals surface area contributed by atoms with Gasteiger partial charge in [-0.05, 0) is 56.9 Å². The van der Waals surface area contributed by atoms with E-state index in [1.54, 1.807) is 12.4 Å². The quantitative estimate of drug-likeness (QED) is 0.867. The number of rotatable bonds is 6. The third kappa shape index (κ3) is 5.01. The summed E-state index contributed by atoms with van der Waals surface area (Å²) in [5.74, 6) is 0.124. The van der Waals surface area contributed by atoms with Crippen molar-refractivity contribution in [1.82, 2.24) is 20.1 Å². The maximum atomic E-state index is 12.2. The molecule has 0 bridgehead atoms. The molecule has 0 spiro atoms. The van der Waals surface area contributed by atoms with Crippen molar-refractivity contribution in [2.45, 2.75) is 44.7 Å². The second-order valence-corrected chi connectivity index (χ2v) is 6.77. The summed E-state index contributed by atoms with van der Waals surface area (Å²) in [6.45, 7) is 5.75. The van der Waals surface area contributed by atoms with Gasteiger partial charge in [0.2, 0.25) is 5.91 Å². The van der Waals surface area contributed by atoms with Gasteiger partial charge in [0.25, 0.3) is 0 Å². The van der Waals surface area contributed by atoms with Crippen molar-refractivity contribution >= 4 is 5.91 Å². The van der Waals surface area contributed by atoms with E-state index in [-0.39, 0.29) is 5.91 Å². The summed E-state index contributed by atoms with van der Waals surface area (Å²) in [5.41, 5.74) is 1.05. The Kier molecular flexibility index (Phi) is 6.00. The molecule has 5 heteroatoms. The van der Waals surface area contributed by atoms with Crippen LogP contribution in [0.1, 0.15) is 37.7 Å². The highest BCUT2D eigenvalue weighted by molar-refractivity contribution is 5.78. The number of nitrogens with one attached hydrogen (secondary N) is 1. The number of amides is 1. The second kappa shape index (κ2) is 8.41. The highest BCUT2D eigenvalue weighted by atomic mass is 16.2. The van der Waals surface area contributed by atoms with Crippen molar-refractivity contribution in [3.63, 3.8) is 0 Å². The van der Waals surface area contributed by atoms with Gasteiger partial charge >= 0.3 is 0 Å². The van der Waals surface area contributed by atoms with Crippen LogP contribution in [-0.4, -0.2) is 59.5 Å². The molecule has 0 aromatic carbocycles. The molecule has 1 atom stereocenters. The van der Waals surface area contributed by atoms with Crippen LogP contribution in [0.4, 0.5) is 0 Å². The molecule has 5 nitrogen and oxygen atoms in total. The van der Waals surface area contributed by atoms with E-state index in [4.69, 9.17) is 0 Å². The summed E-state index contributed by atoms with van der Waals surface area (Å²) in [6, 6.07) is 4.44. The highest BCUT2D eigenvalue weighted by Gasteiger charge is 2.28. The van der Waals surface area contributed by atoms with E-state index < -0.39 is 0 Å². The molecule has 2 saturated heterocycles. The number of hydrogen-bond acceptors (Lipinski definition) is 4. The van der Waals surface area contributed by atoms with Crippen molar-refractivity contribution < 1.29 is 4.79 Å². The first-order chi connectivity index (χ1) is 11.3. The van der Waals surface area contributed by atoms with Crippen molar-refractivity contribution in [2.75, 3.05) is 32.7 Å². The minimum atomic E-state index is 0.124. The van der Waals surface area contributed by atoms with Crippen molar-refractivity contribution in [2.24, 2.45) is 0 Å². The van der Waals surface area contributed by atoms with Gasteiger partial charge in [0.1, 0.15) is 0 Å². The van der Waals surface area contributed by atoms with Gasteiger partial charge in [-0.15, -0.1) is 0 Å². The Balaban J connectivity index is 1.43. The third-order valence-electron chi connectivity index (χ3n) is 4.98. The Labute approximate surface area is 139 Å². The molecule has 1 aromatic heterocycles. The smallest absolute Gasteiger partial charge is 0.234 e. The SMILES string of the molecule is O=C(CN1CCCC1CN1CCCCC1)NCc1cccnc1. The van der Waals surface area contributed by atoms with Gasteiger partial charge in [-0.2, -0.15) is 0 Å². The Hall–Kier alpha value is -1.46. The first-order valence-electron chi connectivity index (χ1n) is 8.93. The van der Waals surface area contributed by atoms with Crippen molar-refractivity contribution in [1.29, 1.82) is 0 Å². The number of pyridine rings is 1. The van der Waals surface area contributed by atoms with Crippen LogP contribution in [0.5, 0.6) is 0 Å². The van der Waals surface area contributed by atoms with Crippen LogP contribution in [0.25, 0.3) is 0 Å². The number of carbonyl (C=O) groups is 1. The fourth-order valence-electron chi connectivity index (χ4n) is 3.69. The minimum Gasteiger partial charge on any atom is -0.351 e. The lowest BCUT2D eigenvalue weighted by Gasteiger charge is -2.32. The van der Waals surface area contributed by atoms with E-state index in [0.717, 1.165) is 18.7 Å². The van der Waals surface area contributed by atoms with Crippen LogP contribution in [0.15, 0.2) is 24.5 Å². The fraction of sp³-hybridized carbons (Fsp3) is 0.667. The zero-order valence-electron chi connectivity index (χ0n) is 13.9. The molecular weight excluding hydrogens is 288 g/mol. The molecule has 3 rings (SSSR count). The van der Waals surface area contributed by atoms with Crippen LogP contribution >= 0.6 is 0 Å². The molecule has 3 heterocycles. The Morgan fingerprint density at radius 1 is 1.22 bits per heavy atom. The standard InChI is InChI=1S/C18H28N4O/c23-18(20-13-16-6-4-8-19-12-16)15-22-11-5-7-17(22)14-21-9-2-1-3-10-21/h4,6,8,12,17H,1-3,5,7,9-11,13-15H2,(H,20,23). The molecule has 126 valence electrons. The number of aromatic nitrogens is 1. The Morgan fingerprint density at radius 2 is 2.09 bits per heavy atom. The molecule has 1 N–H and O–H groups in total. The molecular formula is C18H28N4O. The number of carbonyl (C=O) groups excluding carboxylic acids is 1. The summed E-state index contributed by atoms with van der Waals surface area (Å²) in [7, 11) is 0. The number of hydrogen-bond donors (Lipinski definition) is 1. The van der Waals surface area contributed by atoms with Crippen LogP contribution in [-0.2, 0) is 11.3 Å². The summed E-state index contributed by atoms with van der Waals surface area (Å²) in [4.78, 5) is 21.3. The Morgan fingerprint density at radius 3 is 2.87 bits per heavy atom. The van der Waals surface area contributed by atoms with Crippen LogP contribution in [0.3, 0.4) is 0 Å². The lowest BCUT2D eigenvalue weighted by molar-refractivity contribution is -0.122. The molecule has 0 aliphatic carbocycles.